The Labute approximate surface area is 186 Å². The Hall–Kier alpha value is -3.09. The predicted molar refractivity (Wildman–Crippen MR) is 119 cm³/mol. The average molecular weight is 442 g/mol. The van der Waals surface area contributed by atoms with Gasteiger partial charge in [0.2, 0.25) is 0 Å². The number of hydrogen-bond acceptors (Lipinski definition) is 5. The number of aliphatic hydroxyl groups is 1. The number of ketones is 1. The van der Waals surface area contributed by atoms with E-state index < -0.39 is 17.7 Å². The molecule has 0 saturated carbocycles. The number of amides is 1. The lowest BCUT2D eigenvalue weighted by Crippen LogP contribution is -2.31. The molecule has 1 fully saturated rings. The fraction of sp³-hybridized carbons (Fsp3) is 0.250. The highest BCUT2D eigenvalue weighted by molar-refractivity contribution is 6.46. The van der Waals surface area contributed by atoms with Gasteiger partial charge in [-0.05, 0) is 48.4 Å². The van der Waals surface area contributed by atoms with Gasteiger partial charge < -0.3 is 19.5 Å². The van der Waals surface area contributed by atoms with E-state index in [1.807, 2.05) is 0 Å². The van der Waals surface area contributed by atoms with Gasteiger partial charge in [0.25, 0.3) is 11.7 Å². The first-order valence-electron chi connectivity index (χ1n) is 9.85. The molecule has 31 heavy (non-hydrogen) atoms. The number of carbonyl (C=O) groups is 2. The minimum atomic E-state index is -0.743. The second-order valence-electron chi connectivity index (χ2n) is 7.02. The van der Waals surface area contributed by atoms with E-state index in [-0.39, 0.29) is 11.3 Å². The van der Waals surface area contributed by atoms with Crippen molar-refractivity contribution < 1.29 is 24.2 Å². The molecule has 0 unspecified atom stereocenters. The van der Waals surface area contributed by atoms with Crippen LogP contribution in [0.2, 0.25) is 5.02 Å². The Balaban J connectivity index is 2.04. The van der Waals surface area contributed by atoms with E-state index in [1.54, 1.807) is 61.7 Å². The number of Topliss-reactive ketones (excluding diaryl/α,β-unsaturated/α-hetero) is 1. The van der Waals surface area contributed by atoms with E-state index >= 15 is 0 Å². The van der Waals surface area contributed by atoms with Crippen LogP contribution in [-0.4, -0.2) is 48.6 Å². The standard InChI is InChI=1S/C24H24ClNO5/c1-3-13-31-19-10-8-16(9-11-19)22(27)20-21(17-6-4-7-18(25)15-17)26(12-5-14-30-2)24(29)23(20)28/h3-4,6-11,15,21,27H,1,5,12-14H2,2H3/t21-/m0/s1. The summed E-state index contributed by atoms with van der Waals surface area (Å²) < 4.78 is 10.5. The lowest BCUT2D eigenvalue weighted by atomic mass is 9.95. The molecule has 6 nitrogen and oxygen atoms in total. The van der Waals surface area contributed by atoms with Gasteiger partial charge in [-0.25, -0.2) is 0 Å². The Morgan fingerprint density at radius 2 is 1.97 bits per heavy atom. The molecular weight excluding hydrogens is 418 g/mol. The highest BCUT2D eigenvalue weighted by Crippen LogP contribution is 2.40. The summed E-state index contributed by atoms with van der Waals surface area (Å²) in [6, 6.07) is 12.8. The van der Waals surface area contributed by atoms with Crippen LogP contribution in [0, 0.1) is 0 Å². The SMILES string of the molecule is C=CCOc1ccc(C(O)=C2C(=O)C(=O)N(CCCOC)[C@H]2c2cccc(Cl)c2)cc1. The number of ether oxygens (including phenoxy) is 2. The number of carbonyl (C=O) groups excluding carboxylic acids is 2. The summed E-state index contributed by atoms with van der Waals surface area (Å²) in [4.78, 5) is 27.2. The molecule has 3 rings (SSSR count). The zero-order chi connectivity index (χ0) is 22.4. The van der Waals surface area contributed by atoms with Crippen molar-refractivity contribution in [2.45, 2.75) is 12.5 Å². The number of benzene rings is 2. The molecule has 0 aromatic heterocycles. The number of nitrogens with zero attached hydrogens (tertiary/aromatic N) is 1. The van der Waals surface area contributed by atoms with Crippen LogP contribution in [0.5, 0.6) is 5.75 Å². The minimum Gasteiger partial charge on any atom is -0.507 e. The lowest BCUT2D eigenvalue weighted by Gasteiger charge is -2.25. The van der Waals surface area contributed by atoms with Crippen molar-refractivity contribution in [2.24, 2.45) is 0 Å². The van der Waals surface area contributed by atoms with Crippen LogP contribution >= 0.6 is 11.6 Å². The van der Waals surface area contributed by atoms with E-state index in [4.69, 9.17) is 21.1 Å². The summed E-state index contributed by atoms with van der Waals surface area (Å²) in [6.45, 7) is 4.70. The van der Waals surface area contributed by atoms with Crippen molar-refractivity contribution >= 4 is 29.1 Å². The molecule has 1 heterocycles. The first kappa shape index (κ1) is 22.6. The summed E-state index contributed by atoms with van der Waals surface area (Å²) in [5, 5.41) is 11.5. The Morgan fingerprint density at radius 3 is 2.61 bits per heavy atom. The molecule has 0 aliphatic carbocycles. The molecule has 1 aliphatic rings. The maximum Gasteiger partial charge on any atom is 0.295 e. The van der Waals surface area contributed by atoms with Gasteiger partial charge in [0.15, 0.2) is 0 Å². The van der Waals surface area contributed by atoms with E-state index in [1.165, 1.54) is 4.90 Å². The molecule has 7 heteroatoms. The molecule has 1 N–H and O–H groups in total. The van der Waals surface area contributed by atoms with E-state index in [2.05, 4.69) is 6.58 Å². The number of hydrogen-bond donors (Lipinski definition) is 1. The van der Waals surface area contributed by atoms with Crippen LogP contribution in [0.15, 0.2) is 66.8 Å². The fourth-order valence-electron chi connectivity index (χ4n) is 3.53. The van der Waals surface area contributed by atoms with Gasteiger partial charge in [0, 0.05) is 30.8 Å². The van der Waals surface area contributed by atoms with E-state index in [9.17, 15) is 14.7 Å². The average Bonchev–Trinajstić information content (AvgIpc) is 3.03. The van der Waals surface area contributed by atoms with Crippen molar-refractivity contribution in [3.63, 3.8) is 0 Å². The number of halogens is 1. The summed E-state index contributed by atoms with van der Waals surface area (Å²) in [6.07, 6.45) is 2.18. The smallest absolute Gasteiger partial charge is 0.295 e. The Morgan fingerprint density at radius 1 is 1.23 bits per heavy atom. The summed E-state index contributed by atoms with van der Waals surface area (Å²) in [5.41, 5.74) is 1.09. The fourth-order valence-corrected chi connectivity index (χ4v) is 3.73. The summed E-state index contributed by atoms with van der Waals surface area (Å²) >= 11 is 6.17. The normalized spacial score (nSPS) is 17.7. The lowest BCUT2D eigenvalue weighted by molar-refractivity contribution is -0.140. The van der Waals surface area contributed by atoms with Crippen molar-refractivity contribution in [3.05, 3.63) is 82.9 Å². The third kappa shape index (κ3) is 4.98. The number of likely N-dealkylation sites (tertiary alicyclic amines) is 1. The molecule has 0 radical (unpaired) electrons. The van der Waals surface area contributed by atoms with Gasteiger partial charge in [-0.2, -0.15) is 0 Å². The molecule has 2 aromatic rings. The highest BCUT2D eigenvalue weighted by Gasteiger charge is 2.45. The van der Waals surface area contributed by atoms with Crippen molar-refractivity contribution in [2.75, 3.05) is 26.9 Å². The van der Waals surface area contributed by atoms with Crippen molar-refractivity contribution in [1.82, 2.24) is 4.90 Å². The predicted octanol–water partition coefficient (Wildman–Crippen LogP) is 4.36. The zero-order valence-corrected chi connectivity index (χ0v) is 18.0. The topological polar surface area (TPSA) is 76.1 Å². The van der Waals surface area contributed by atoms with E-state index in [0.717, 1.165) is 0 Å². The van der Waals surface area contributed by atoms with Crippen molar-refractivity contribution in [1.29, 1.82) is 0 Å². The minimum absolute atomic E-state index is 0.0319. The molecule has 162 valence electrons. The van der Waals surface area contributed by atoms with Crippen LogP contribution in [0.25, 0.3) is 5.76 Å². The molecule has 1 saturated heterocycles. The monoisotopic (exact) mass is 441 g/mol. The molecule has 1 amide bonds. The third-order valence-electron chi connectivity index (χ3n) is 4.95. The molecule has 2 aromatic carbocycles. The molecular formula is C24H24ClNO5. The number of methoxy groups -OCH3 is 1. The summed E-state index contributed by atoms with van der Waals surface area (Å²) in [7, 11) is 1.57. The second-order valence-corrected chi connectivity index (χ2v) is 7.45. The first-order valence-corrected chi connectivity index (χ1v) is 10.2. The largest absolute Gasteiger partial charge is 0.507 e. The second kappa shape index (κ2) is 10.3. The van der Waals surface area contributed by atoms with E-state index in [0.29, 0.717) is 48.1 Å². The van der Waals surface area contributed by atoms with Crippen LogP contribution < -0.4 is 4.74 Å². The molecule has 1 atom stereocenters. The number of rotatable bonds is 9. The quantitative estimate of drug-likeness (QED) is 0.206. The van der Waals surface area contributed by atoms with Crippen LogP contribution in [0.1, 0.15) is 23.6 Å². The van der Waals surface area contributed by atoms with Gasteiger partial charge >= 0.3 is 0 Å². The Bertz CT molecular complexity index is 999. The third-order valence-corrected chi connectivity index (χ3v) is 5.18. The van der Waals surface area contributed by atoms with Gasteiger partial charge in [0.1, 0.15) is 18.1 Å². The van der Waals surface area contributed by atoms with Gasteiger partial charge in [0.05, 0.1) is 11.6 Å². The van der Waals surface area contributed by atoms with Crippen molar-refractivity contribution in [3.8, 4) is 5.75 Å². The highest BCUT2D eigenvalue weighted by atomic mass is 35.5. The van der Waals surface area contributed by atoms with Gasteiger partial charge in [-0.1, -0.05) is 36.4 Å². The van der Waals surface area contributed by atoms with Gasteiger partial charge in [-0.15, -0.1) is 0 Å². The van der Waals surface area contributed by atoms with Crippen LogP contribution in [0.4, 0.5) is 0 Å². The van der Waals surface area contributed by atoms with Crippen LogP contribution in [0.3, 0.4) is 0 Å². The summed E-state index contributed by atoms with van der Waals surface area (Å²) in [5.74, 6) is -1.03. The first-order chi connectivity index (χ1) is 15.0. The molecule has 1 aliphatic heterocycles. The molecule has 0 spiro atoms. The van der Waals surface area contributed by atoms with Gasteiger partial charge in [-0.3, -0.25) is 9.59 Å². The maximum absolute atomic E-state index is 12.9. The zero-order valence-electron chi connectivity index (χ0n) is 17.2. The number of aliphatic hydroxyl groups excluding tert-OH is 1. The Kier molecular flexibility index (Phi) is 7.50. The maximum atomic E-state index is 12.9. The molecule has 0 bridgehead atoms. The van der Waals surface area contributed by atoms with Crippen LogP contribution in [-0.2, 0) is 14.3 Å².